The number of nitrogens with one attached hydrogen (secondary N) is 1. The highest BCUT2D eigenvalue weighted by Gasteiger charge is 1.91. The fraction of sp³-hybridized carbons (Fsp3) is 0.333. The molecule has 4 heteroatoms. The lowest BCUT2D eigenvalue weighted by Crippen LogP contribution is -2.13. The summed E-state index contributed by atoms with van der Waals surface area (Å²) in [5.74, 6) is 0. The Kier molecular flexibility index (Phi) is 4.79. The molecule has 1 N–H and O–H groups in total. The lowest BCUT2D eigenvalue weighted by atomic mass is 10.3. The number of carbonyl (C=O) groups is 1. The molecule has 0 aromatic rings. The summed E-state index contributed by atoms with van der Waals surface area (Å²) < 4.78 is 4.55. The zero-order chi connectivity index (χ0) is 7.82. The summed E-state index contributed by atoms with van der Waals surface area (Å²) in [6, 6.07) is 1.85. The van der Waals surface area contributed by atoms with Crippen LogP contribution in [0.15, 0.2) is 11.8 Å². The van der Waals surface area contributed by atoms with Gasteiger partial charge in [-0.2, -0.15) is 5.26 Å². The van der Waals surface area contributed by atoms with Crippen molar-refractivity contribution in [3.8, 4) is 6.07 Å². The van der Waals surface area contributed by atoms with Crippen LogP contribution in [0.3, 0.4) is 0 Å². The van der Waals surface area contributed by atoms with Gasteiger partial charge in [0.05, 0.1) is 31.6 Å². The minimum Gasteiger partial charge on any atom is -0.503 e. The van der Waals surface area contributed by atoms with Crippen molar-refractivity contribution >= 4 is 6.41 Å². The number of nitriles is 1. The molecule has 54 valence electrons. The van der Waals surface area contributed by atoms with Gasteiger partial charge in [-0.15, -0.1) is 0 Å². The Morgan fingerprint density at radius 1 is 1.90 bits per heavy atom. The van der Waals surface area contributed by atoms with Gasteiger partial charge in [0.25, 0.3) is 0 Å². The van der Waals surface area contributed by atoms with Gasteiger partial charge in [0.15, 0.2) is 0 Å². The van der Waals surface area contributed by atoms with Crippen molar-refractivity contribution in [2.24, 2.45) is 0 Å². The van der Waals surface area contributed by atoms with Gasteiger partial charge >= 0.3 is 0 Å². The normalized spacial score (nSPS) is 9.80. The molecule has 0 saturated carbocycles. The van der Waals surface area contributed by atoms with Crippen LogP contribution >= 0.6 is 0 Å². The third-order valence-electron chi connectivity index (χ3n) is 0.780. The zero-order valence-electron chi connectivity index (χ0n) is 5.63. The smallest absolute Gasteiger partial charge is 0.207 e. The minimum absolute atomic E-state index is 0.216. The largest absolute Gasteiger partial charge is 0.503 e. The van der Waals surface area contributed by atoms with Crippen molar-refractivity contribution in [3.05, 3.63) is 11.8 Å². The molecule has 0 radical (unpaired) electrons. The Labute approximate surface area is 59.1 Å². The summed E-state index contributed by atoms with van der Waals surface area (Å²) in [4.78, 5) is 9.74. The van der Waals surface area contributed by atoms with Crippen LogP contribution in [0.1, 0.15) is 0 Å². The summed E-state index contributed by atoms with van der Waals surface area (Å²) in [5.41, 5.74) is 0.384. The quantitative estimate of drug-likeness (QED) is 0.334. The predicted molar refractivity (Wildman–Crippen MR) is 34.8 cm³/mol. The lowest BCUT2D eigenvalue weighted by Gasteiger charge is -1.94. The van der Waals surface area contributed by atoms with E-state index < -0.39 is 0 Å². The van der Waals surface area contributed by atoms with Gasteiger partial charge in [0, 0.05) is 0 Å². The van der Waals surface area contributed by atoms with E-state index in [4.69, 9.17) is 5.26 Å². The molecule has 0 fully saturated rings. The molecule has 0 heterocycles. The van der Waals surface area contributed by atoms with Crippen molar-refractivity contribution in [2.75, 3.05) is 13.7 Å². The van der Waals surface area contributed by atoms with E-state index in [9.17, 15) is 4.79 Å². The van der Waals surface area contributed by atoms with E-state index in [1.54, 1.807) is 0 Å². The highest BCUT2D eigenvalue weighted by Crippen LogP contribution is 1.87. The number of ether oxygens (including phenoxy) is 1. The number of amides is 1. The second-order valence-electron chi connectivity index (χ2n) is 1.49. The van der Waals surface area contributed by atoms with Crippen molar-refractivity contribution in [1.29, 1.82) is 5.26 Å². The molecule has 0 atom stereocenters. The minimum atomic E-state index is 0.216. The van der Waals surface area contributed by atoms with Gasteiger partial charge in [-0.3, -0.25) is 4.79 Å². The zero-order valence-corrected chi connectivity index (χ0v) is 5.63. The van der Waals surface area contributed by atoms with Gasteiger partial charge in [-0.1, -0.05) is 0 Å². The van der Waals surface area contributed by atoms with Crippen molar-refractivity contribution in [3.63, 3.8) is 0 Å². The van der Waals surface area contributed by atoms with Gasteiger partial charge in [-0.05, 0) is 0 Å². The molecule has 0 rings (SSSR count). The first kappa shape index (κ1) is 8.50. The third-order valence-corrected chi connectivity index (χ3v) is 0.780. The predicted octanol–water partition coefficient (Wildman–Crippen LogP) is -0.214. The van der Waals surface area contributed by atoms with Crippen LogP contribution in [-0.4, -0.2) is 20.1 Å². The molecule has 0 spiro atoms. The molecular weight excluding hydrogens is 132 g/mol. The van der Waals surface area contributed by atoms with Crippen LogP contribution in [0.2, 0.25) is 0 Å². The molecule has 1 amide bonds. The Morgan fingerprint density at radius 2 is 2.60 bits per heavy atom. The molecule has 0 aromatic heterocycles. The van der Waals surface area contributed by atoms with Gasteiger partial charge in [-0.25, -0.2) is 0 Å². The maximum atomic E-state index is 9.74. The van der Waals surface area contributed by atoms with E-state index in [2.05, 4.69) is 10.1 Å². The van der Waals surface area contributed by atoms with Crippen molar-refractivity contribution < 1.29 is 9.53 Å². The number of rotatable bonds is 4. The summed E-state index contributed by atoms with van der Waals surface area (Å²) in [6.45, 7) is 0.216. The fourth-order valence-electron chi connectivity index (χ4n) is 0.401. The van der Waals surface area contributed by atoms with Crippen LogP contribution < -0.4 is 5.32 Å². The number of methoxy groups -OCH3 is 1. The molecule has 0 aliphatic carbocycles. The standard InChI is InChI=1S/C6H8N2O2/c1-10-4-6(2-7)3-8-5-9/h4-5H,3H2,1H3,(H,8,9). The molecule has 10 heavy (non-hydrogen) atoms. The summed E-state index contributed by atoms with van der Waals surface area (Å²) in [5, 5.41) is 10.7. The molecule has 0 unspecified atom stereocenters. The number of hydrogen-bond donors (Lipinski definition) is 1. The van der Waals surface area contributed by atoms with E-state index in [1.165, 1.54) is 13.4 Å². The first-order valence-corrected chi connectivity index (χ1v) is 2.64. The summed E-state index contributed by atoms with van der Waals surface area (Å²) in [7, 11) is 1.44. The van der Waals surface area contributed by atoms with Gasteiger partial charge < -0.3 is 10.1 Å². The summed E-state index contributed by atoms with van der Waals surface area (Å²) in [6.07, 6.45) is 1.82. The summed E-state index contributed by atoms with van der Waals surface area (Å²) >= 11 is 0. The van der Waals surface area contributed by atoms with Crippen LogP contribution in [0.5, 0.6) is 0 Å². The number of hydrogen-bond acceptors (Lipinski definition) is 3. The second kappa shape index (κ2) is 5.63. The first-order valence-electron chi connectivity index (χ1n) is 2.64. The van der Waals surface area contributed by atoms with Crippen molar-refractivity contribution in [1.82, 2.24) is 5.32 Å². The molecule has 0 bridgehead atoms. The highest BCUT2D eigenvalue weighted by molar-refractivity contribution is 5.47. The molecule has 0 aliphatic rings. The highest BCUT2D eigenvalue weighted by atomic mass is 16.5. The average molecular weight is 140 g/mol. The van der Waals surface area contributed by atoms with E-state index >= 15 is 0 Å². The van der Waals surface area contributed by atoms with Gasteiger partial charge in [0.2, 0.25) is 6.41 Å². The van der Waals surface area contributed by atoms with Gasteiger partial charge in [0.1, 0.15) is 0 Å². The lowest BCUT2D eigenvalue weighted by molar-refractivity contribution is -0.109. The number of carbonyl (C=O) groups excluding carboxylic acids is 1. The van der Waals surface area contributed by atoms with Crippen LogP contribution in [-0.2, 0) is 9.53 Å². The second-order valence-corrected chi connectivity index (χ2v) is 1.49. The number of nitrogens with zero attached hydrogens (tertiary/aromatic N) is 1. The molecular formula is C6H8N2O2. The monoisotopic (exact) mass is 140 g/mol. The van der Waals surface area contributed by atoms with Crippen LogP contribution in [0.4, 0.5) is 0 Å². The first-order chi connectivity index (χ1) is 4.85. The van der Waals surface area contributed by atoms with E-state index in [-0.39, 0.29) is 6.54 Å². The molecule has 0 aliphatic heterocycles. The Morgan fingerprint density at radius 3 is 3.00 bits per heavy atom. The Hall–Kier alpha value is -1.50. The average Bonchev–Trinajstić information content (AvgIpc) is 1.98. The van der Waals surface area contributed by atoms with E-state index in [1.807, 2.05) is 6.07 Å². The molecule has 0 aromatic carbocycles. The SMILES string of the molecule is COC=C(C#N)CNC=O. The molecule has 4 nitrogen and oxygen atoms in total. The maximum Gasteiger partial charge on any atom is 0.207 e. The van der Waals surface area contributed by atoms with Crippen molar-refractivity contribution in [2.45, 2.75) is 0 Å². The third kappa shape index (κ3) is 3.50. The van der Waals surface area contributed by atoms with E-state index in [0.717, 1.165) is 0 Å². The van der Waals surface area contributed by atoms with Crippen LogP contribution in [0, 0.1) is 11.3 Å². The fourth-order valence-corrected chi connectivity index (χ4v) is 0.401. The van der Waals surface area contributed by atoms with Crippen LogP contribution in [0.25, 0.3) is 0 Å². The topological polar surface area (TPSA) is 62.1 Å². The van der Waals surface area contributed by atoms with E-state index in [0.29, 0.717) is 12.0 Å². The Bertz CT molecular complexity index is 169. The maximum absolute atomic E-state index is 9.74. The Balaban J connectivity index is 3.74. The molecule has 0 saturated heterocycles.